The summed E-state index contributed by atoms with van der Waals surface area (Å²) in [7, 11) is 0. The van der Waals surface area contributed by atoms with Crippen LogP contribution in [0.1, 0.15) is 91.6 Å². The molecule has 0 bridgehead atoms. The van der Waals surface area contributed by atoms with Crippen LogP contribution in [0.3, 0.4) is 0 Å². The lowest BCUT2D eigenvalue weighted by atomic mass is 9.71. The summed E-state index contributed by atoms with van der Waals surface area (Å²) in [5.74, 6) is -0.0789. The normalized spacial score (nSPS) is 19.9. The molecular formula is C30H31F4NO. The number of fused-ring (bicyclic) bond motifs is 1. The quantitative estimate of drug-likeness (QED) is 0.369. The number of hydrogen-bond acceptors (Lipinski definition) is 2. The second kappa shape index (κ2) is 9.29. The Morgan fingerprint density at radius 1 is 0.972 bits per heavy atom. The maximum Gasteiger partial charge on any atom is 0.416 e. The average Bonchev–Trinajstić information content (AvgIpc) is 3.33. The molecule has 1 aromatic heterocycles. The Morgan fingerprint density at radius 3 is 2.22 bits per heavy atom. The van der Waals surface area contributed by atoms with E-state index in [0.29, 0.717) is 12.8 Å². The lowest BCUT2D eigenvalue weighted by Crippen LogP contribution is -2.28. The molecular weight excluding hydrogens is 466 g/mol. The minimum absolute atomic E-state index is 0.110. The molecule has 1 heterocycles. The molecule has 1 fully saturated rings. The van der Waals surface area contributed by atoms with Crippen molar-refractivity contribution in [3.8, 4) is 11.1 Å². The van der Waals surface area contributed by atoms with Crippen LogP contribution < -0.4 is 0 Å². The molecule has 2 aromatic carbocycles. The molecule has 2 aliphatic rings. The van der Waals surface area contributed by atoms with Crippen molar-refractivity contribution in [2.75, 3.05) is 0 Å². The van der Waals surface area contributed by atoms with Gasteiger partial charge in [-0.1, -0.05) is 51.0 Å². The SMILES string of the molecule is CC1(C)Cc2nc(C3CCCC3)c(Cc3ccc(C(F)(F)F)cc3)c(-c3ccc(F)cc3)c2[C@@H](O)C1. The van der Waals surface area contributed by atoms with E-state index in [1.165, 1.54) is 24.3 Å². The Morgan fingerprint density at radius 2 is 1.61 bits per heavy atom. The highest BCUT2D eigenvalue weighted by Crippen LogP contribution is 2.48. The van der Waals surface area contributed by atoms with Gasteiger partial charge in [0.05, 0.1) is 11.7 Å². The molecule has 0 amide bonds. The molecule has 0 unspecified atom stereocenters. The summed E-state index contributed by atoms with van der Waals surface area (Å²) < 4.78 is 53.3. The Hall–Kier alpha value is -2.73. The first-order valence-corrected chi connectivity index (χ1v) is 12.7. The third-order valence-corrected chi connectivity index (χ3v) is 7.71. The van der Waals surface area contributed by atoms with E-state index in [0.717, 1.165) is 83.4 Å². The average molecular weight is 498 g/mol. The zero-order chi connectivity index (χ0) is 25.7. The van der Waals surface area contributed by atoms with Gasteiger partial charge in [-0.15, -0.1) is 0 Å². The van der Waals surface area contributed by atoms with Gasteiger partial charge in [0.1, 0.15) is 5.82 Å². The molecule has 0 saturated heterocycles. The monoisotopic (exact) mass is 497 g/mol. The Bertz CT molecular complexity index is 1240. The number of aliphatic hydroxyl groups excluding tert-OH is 1. The minimum Gasteiger partial charge on any atom is -0.388 e. The summed E-state index contributed by atoms with van der Waals surface area (Å²) in [6.07, 6.45) is 0.851. The predicted octanol–water partition coefficient (Wildman–Crippen LogP) is 8.16. The van der Waals surface area contributed by atoms with Crippen LogP contribution in [0.15, 0.2) is 48.5 Å². The van der Waals surface area contributed by atoms with E-state index < -0.39 is 17.8 Å². The first kappa shape index (κ1) is 24.9. The van der Waals surface area contributed by atoms with E-state index in [2.05, 4.69) is 13.8 Å². The van der Waals surface area contributed by atoms with Gasteiger partial charge in [-0.3, -0.25) is 4.98 Å². The Balaban J connectivity index is 1.72. The molecule has 2 nitrogen and oxygen atoms in total. The molecule has 0 radical (unpaired) electrons. The van der Waals surface area contributed by atoms with Crippen LogP contribution >= 0.6 is 0 Å². The van der Waals surface area contributed by atoms with Crippen molar-refractivity contribution in [2.45, 2.75) is 77.0 Å². The van der Waals surface area contributed by atoms with Gasteiger partial charge >= 0.3 is 6.18 Å². The van der Waals surface area contributed by atoms with Crippen LogP contribution in [0.4, 0.5) is 17.6 Å². The number of aliphatic hydroxyl groups is 1. The molecule has 36 heavy (non-hydrogen) atoms. The molecule has 190 valence electrons. The van der Waals surface area contributed by atoms with Crippen molar-refractivity contribution in [3.05, 3.63) is 88.0 Å². The minimum atomic E-state index is -4.39. The largest absolute Gasteiger partial charge is 0.416 e. The first-order chi connectivity index (χ1) is 17.0. The molecule has 1 N–H and O–H groups in total. The molecule has 3 aromatic rings. The van der Waals surface area contributed by atoms with Crippen LogP contribution in [0.5, 0.6) is 0 Å². The van der Waals surface area contributed by atoms with Gasteiger partial charge in [0, 0.05) is 22.9 Å². The van der Waals surface area contributed by atoms with Gasteiger partial charge in [-0.25, -0.2) is 4.39 Å². The molecule has 2 aliphatic carbocycles. The summed E-state index contributed by atoms with van der Waals surface area (Å²) in [6, 6.07) is 11.6. The highest BCUT2D eigenvalue weighted by Gasteiger charge is 2.37. The fourth-order valence-electron chi connectivity index (χ4n) is 6.03. The van der Waals surface area contributed by atoms with Crippen molar-refractivity contribution < 1.29 is 22.7 Å². The summed E-state index contributed by atoms with van der Waals surface area (Å²) in [6.45, 7) is 4.26. The Kier molecular flexibility index (Phi) is 6.44. The standard InChI is InChI=1S/C30H31F4NO/c1-29(2)16-24-27(25(36)17-29)26(19-9-13-22(31)14-10-19)23(28(35-24)20-5-3-4-6-20)15-18-7-11-21(12-8-18)30(32,33)34/h7-14,20,25,36H,3-6,15-17H2,1-2H3/t25-/m0/s1. The summed E-state index contributed by atoms with van der Waals surface area (Å²) in [4.78, 5) is 5.18. The summed E-state index contributed by atoms with van der Waals surface area (Å²) in [5, 5.41) is 11.3. The second-order valence-electron chi connectivity index (χ2n) is 11.1. The van der Waals surface area contributed by atoms with E-state index in [4.69, 9.17) is 4.98 Å². The molecule has 5 rings (SSSR count). The number of benzene rings is 2. The molecule has 1 saturated carbocycles. The number of pyridine rings is 1. The van der Waals surface area contributed by atoms with E-state index in [1.54, 1.807) is 12.1 Å². The van der Waals surface area contributed by atoms with Gasteiger partial charge in [-0.05, 0) is 84.0 Å². The maximum absolute atomic E-state index is 13.9. The topological polar surface area (TPSA) is 33.1 Å². The Labute approximate surface area is 209 Å². The van der Waals surface area contributed by atoms with Gasteiger partial charge < -0.3 is 5.11 Å². The highest BCUT2D eigenvalue weighted by atomic mass is 19.4. The van der Waals surface area contributed by atoms with Crippen LogP contribution in [-0.2, 0) is 19.0 Å². The molecule has 1 atom stereocenters. The number of hydrogen-bond donors (Lipinski definition) is 1. The lowest BCUT2D eigenvalue weighted by molar-refractivity contribution is -0.137. The highest BCUT2D eigenvalue weighted by molar-refractivity contribution is 5.74. The van der Waals surface area contributed by atoms with E-state index in [9.17, 15) is 22.7 Å². The number of aromatic nitrogens is 1. The third-order valence-electron chi connectivity index (χ3n) is 7.71. The fourth-order valence-corrected chi connectivity index (χ4v) is 6.03. The molecule has 0 aliphatic heterocycles. The molecule has 0 spiro atoms. The maximum atomic E-state index is 13.9. The van der Waals surface area contributed by atoms with E-state index in [-0.39, 0.29) is 17.2 Å². The number of rotatable bonds is 4. The third kappa shape index (κ3) is 4.93. The van der Waals surface area contributed by atoms with Crippen molar-refractivity contribution in [1.29, 1.82) is 0 Å². The van der Waals surface area contributed by atoms with Crippen molar-refractivity contribution in [3.63, 3.8) is 0 Å². The number of nitrogens with zero attached hydrogens (tertiary/aromatic N) is 1. The van der Waals surface area contributed by atoms with Crippen molar-refractivity contribution >= 4 is 0 Å². The van der Waals surface area contributed by atoms with Crippen LogP contribution in [-0.4, -0.2) is 10.1 Å². The predicted molar refractivity (Wildman–Crippen MR) is 132 cm³/mol. The van der Waals surface area contributed by atoms with Crippen LogP contribution in [0.25, 0.3) is 11.1 Å². The van der Waals surface area contributed by atoms with Crippen LogP contribution in [0, 0.1) is 11.2 Å². The van der Waals surface area contributed by atoms with Gasteiger partial charge in [0.25, 0.3) is 0 Å². The van der Waals surface area contributed by atoms with Gasteiger partial charge in [0.2, 0.25) is 0 Å². The zero-order valence-electron chi connectivity index (χ0n) is 20.6. The lowest BCUT2D eigenvalue weighted by Gasteiger charge is -2.37. The van der Waals surface area contributed by atoms with Crippen molar-refractivity contribution in [1.82, 2.24) is 4.98 Å². The summed E-state index contributed by atoms with van der Waals surface area (Å²) in [5.41, 5.74) is 5.21. The van der Waals surface area contributed by atoms with Crippen molar-refractivity contribution in [2.24, 2.45) is 5.41 Å². The van der Waals surface area contributed by atoms with E-state index >= 15 is 0 Å². The first-order valence-electron chi connectivity index (χ1n) is 12.7. The van der Waals surface area contributed by atoms with E-state index in [1.807, 2.05) is 0 Å². The zero-order valence-corrected chi connectivity index (χ0v) is 20.6. The fraction of sp³-hybridized carbons (Fsp3) is 0.433. The number of halogens is 4. The summed E-state index contributed by atoms with van der Waals surface area (Å²) >= 11 is 0. The van der Waals surface area contributed by atoms with Gasteiger partial charge in [-0.2, -0.15) is 13.2 Å². The smallest absolute Gasteiger partial charge is 0.388 e. The van der Waals surface area contributed by atoms with Gasteiger partial charge in [0.15, 0.2) is 0 Å². The van der Waals surface area contributed by atoms with Crippen LogP contribution in [0.2, 0.25) is 0 Å². The molecule has 6 heteroatoms. The number of alkyl halides is 3. The second-order valence-corrected chi connectivity index (χ2v) is 11.1.